The summed E-state index contributed by atoms with van der Waals surface area (Å²) in [7, 11) is 0. The van der Waals surface area contributed by atoms with Gasteiger partial charge in [-0.05, 0) is 37.1 Å². The van der Waals surface area contributed by atoms with E-state index in [0.717, 1.165) is 24.6 Å². The van der Waals surface area contributed by atoms with Gasteiger partial charge >= 0.3 is 0 Å². The van der Waals surface area contributed by atoms with Crippen LogP contribution in [0, 0.1) is 0 Å². The van der Waals surface area contributed by atoms with E-state index in [4.69, 9.17) is 9.47 Å². The summed E-state index contributed by atoms with van der Waals surface area (Å²) >= 11 is 0. The molecule has 0 aliphatic heterocycles. The van der Waals surface area contributed by atoms with Crippen LogP contribution >= 0.6 is 0 Å². The molecule has 0 N–H and O–H groups in total. The molecular weight excluding hydrogens is 398 g/mol. The molecule has 0 spiro atoms. The van der Waals surface area contributed by atoms with E-state index in [1.807, 2.05) is 24.3 Å². The third-order valence-corrected chi connectivity index (χ3v) is 6.44. The molecule has 5 nitrogen and oxygen atoms in total. The molecule has 0 unspecified atom stereocenters. The first-order valence-corrected chi connectivity index (χ1v) is 12.7. The van der Waals surface area contributed by atoms with E-state index in [9.17, 15) is 0 Å². The van der Waals surface area contributed by atoms with E-state index in [0.29, 0.717) is 19.3 Å². The Hall–Kier alpha value is -2.14. The summed E-state index contributed by atoms with van der Waals surface area (Å²) in [6, 6.07) is 8.31. The summed E-state index contributed by atoms with van der Waals surface area (Å²) in [5.74, 6) is 1.78. The van der Waals surface area contributed by atoms with E-state index >= 15 is 0 Å². The molecule has 2 heterocycles. The van der Waals surface area contributed by atoms with Crippen molar-refractivity contribution in [2.24, 2.45) is 0 Å². The number of rotatable bonds is 9. The zero-order valence-electron chi connectivity index (χ0n) is 19.7. The maximum atomic E-state index is 6.01. The second-order valence-electron chi connectivity index (χ2n) is 8.87. The fraction of sp³-hybridized carbons (Fsp3) is 0.630. The van der Waals surface area contributed by atoms with Crippen LogP contribution in [0.1, 0.15) is 77.0 Å². The van der Waals surface area contributed by atoms with Gasteiger partial charge in [0.05, 0.1) is 0 Å². The Bertz CT molecular complexity index is 639. The van der Waals surface area contributed by atoms with Crippen molar-refractivity contribution in [3.63, 3.8) is 0 Å². The fourth-order valence-corrected chi connectivity index (χ4v) is 4.59. The molecule has 0 amide bonds. The molecule has 1 fully saturated rings. The number of ether oxygens (including phenoxy) is 2. The largest absolute Gasteiger partial charge is 0.492 e. The molecule has 0 aromatic carbocycles. The first-order valence-electron chi connectivity index (χ1n) is 12.7. The molecular formula is C27H41N3O2. The predicted octanol–water partition coefficient (Wildman–Crippen LogP) is 6.30. The van der Waals surface area contributed by atoms with Crippen molar-refractivity contribution in [3.05, 3.63) is 49.1 Å². The minimum Gasteiger partial charge on any atom is -0.492 e. The molecule has 1 aliphatic rings. The van der Waals surface area contributed by atoms with Crippen LogP contribution in [0.25, 0.3) is 0 Å². The highest BCUT2D eigenvalue weighted by Gasteiger charge is 2.18. The van der Waals surface area contributed by atoms with Crippen LogP contribution in [0.3, 0.4) is 0 Å². The summed E-state index contributed by atoms with van der Waals surface area (Å²) < 4.78 is 12.0. The van der Waals surface area contributed by atoms with Gasteiger partial charge in [-0.3, -0.25) is 14.9 Å². The van der Waals surface area contributed by atoms with Crippen molar-refractivity contribution in [2.45, 2.75) is 83.1 Å². The maximum Gasteiger partial charge on any atom is 0.122 e. The normalized spacial score (nSPS) is 17.2. The van der Waals surface area contributed by atoms with Gasteiger partial charge in [0.1, 0.15) is 24.7 Å². The Morgan fingerprint density at radius 2 is 0.969 bits per heavy atom. The van der Waals surface area contributed by atoms with Crippen molar-refractivity contribution in [1.29, 1.82) is 0 Å². The minimum absolute atomic E-state index is 0.609. The molecule has 1 saturated carbocycles. The minimum atomic E-state index is 0.609. The quantitative estimate of drug-likeness (QED) is 0.459. The van der Waals surface area contributed by atoms with Gasteiger partial charge in [0, 0.05) is 43.9 Å². The van der Waals surface area contributed by atoms with Gasteiger partial charge in [0.25, 0.3) is 0 Å². The summed E-state index contributed by atoms with van der Waals surface area (Å²) in [6.07, 6.45) is 23.5. The Morgan fingerprint density at radius 3 is 1.38 bits per heavy atom. The van der Waals surface area contributed by atoms with Crippen molar-refractivity contribution < 1.29 is 9.47 Å². The first-order chi connectivity index (χ1) is 15.9. The zero-order valence-corrected chi connectivity index (χ0v) is 19.7. The average molecular weight is 440 g/mol. The van der Waals surface area contributed by atoms with Gasteiger partial charge in [0.2, 0.25) is 0 Å². The molecule has 2 aromatic rings. The monoisotopic (exact) mass is 439 g/mol. The van der Waals surface area contributed by atoms with E-state index in [1.54, 1.807) is 24.8 Å². The molecule has 0 radical (unpaired) electrons. The molecule has 32 heavy (non-hydrogen) atoms. The van der Waals surface area contributed by atoms with Crippen molar-refractivity contribution in [3.8, 4) is 11.5 Å². The molecule has 0 atom stereocenters. The third-order valence-electron chi connectivity index (χ3n) is 6.44. The topological polar surface area (TPSA) is 47.5 Å². The van der Waals surface area contributed by atoms with Crippen LogP contribution in [0.4, 0.5) is 0 Å². The Morgan fingerprint density at radius 1 is 0.594 bits per heavy atom. The Balaban J connectivity index is 1.55. The van der Waals surface area contributed by atoms with Gasteiger partial charge in [-0.2, -0.15) is 0 Å². The van der Waals surface area contributed by atoms with Crippen LogP contribution < -0.4 is 9.47 Å². The molecule has 2 aromatic heterocycles. The van der Waals surface area contributed by atoms with E-state index < -0.39 is 0 Å². The van der Waals surface area contributed by atoms with Crippen LogP contribution in [-0.4, -0.2) is 47.2 Å². The first kappa shape index (κ1) is 24.5. The maximum absolute atomic E-state index is 6.01. The van der Waals surface area contributed by atoms with Gasteiger partial charge < -0.3 is 9.47 Å². The molecule has 176 valence electrons. The van der Waals surface area contributed by atoms with E-state index in [1.165, 1.54) is 77.0 Å². The zero-order chi connectivity index (χ0) is 22.1. The fourth-order valence-electron chi connectivity index (χ4n) is 4.59. The number of aromatic nitrogens is 2. The second kappa shape index (κ2) is 15.6. The van der Waals surface area contributed by atoms with E-state index in [2.05, 4.69) is 14.9 Å². The highest BCUT2D eigenvalue weighted by Crippen LogP contribution is 2.21. The number of hydrogen-bond acceptors (Lipinski definition) is 5. The standard InChI is InChI=1S/C27H41N3O2/c1-2-4-6-8-10-12-25(11-9-7-5-3-1)30(21-23-31-26-13-17-28-18-14-26)22-24-32-27-15-19-29-20-16-27/h13-20,25H,1-12,21-24H2. The SMILES string of the molecule is c1cc(OCCN(CCOc2ccncc2)C2CCCCCCCCCCCC2)ccn1. The van der Waals surface area contributed by atoms with Crippen LogP contribution in [-0.2, 0) is 0 Å². The van der Waals surface area contributed by atoms with Gasteiger partial charge in [0.15, 0.2) is 0 Å². The van der Waals surface area contributed by atoms with Crippen molar-refractivity contribution in [2.75, 3.05) is 26.3 Å². The van der Waals surface area contributed by atoms with Crippen LogP contribution in [0.15, 0.2) is 49.1 Å². The van der Waals surface area contributed by atoms with Gasteiger partial charge in [-0.1, -0.05) is 64.2 Å². The number of nitrogens with zero attached hydrogens (tertiary/aromatic N) is 3. The number of pyridine rings is 2. The summed E-state index contributed by atoms with van der Waals surface area (Å²) in [6.45, 7) is 3.23. The lowest BCUT2D eigenvalue weighted by Crippen LogP contribution is -2.41. The van der Waals surface area contributed by atoms with E-state index in [-0.39, 0.29) is 0 Å². The highest BCUT2D eigenvalue weighted by molar-refractivity contribution is 5.17. The highest BCUT2D eigenvalue weighted by atomic mass is 16.5. The molecule has 0 saturated heterocycles. The summed E-state index contributed by atoms with van der Waals surface area (Å²) in [5.41, 5.74) is 0. The summed E-state index contributed by atoms with van der Waals surface area (Å²) in [4.78, 5) is 10.8. The summed E-state index contributed by atoms with van der Waals surface area (Å²) in [5, 5.41) is 0. The Labute approximate surface area is 194 Å². The molecule has 5 heteroatoms. The third kappa shape index (κ3) is 9.99. The molecule has 1 aliphatic carbocycles. The second-order valence-corrected chi connectivity index (χ2v) is 8.87. The number of hydrogen-bond donors (Lipinski definition) is 0. The van der Waals surface area contributed by atoms with Crippen molar-refractivity contribution >= 4 is 0 Å². The lowest BCUT2D eigenvalue weighted by atomic mass is 10.00. The lowest BCUT2D eigenvalue weighted by molar-refractivity contribution is 0.119. The van der Waals surface area contributed by atoms with Crippen molar-refractivity contribution in [1.82, 2.24) is 14.9 Å². The predicted molar refractivity (Wildman–Crippen MR) is 130 cm³/mol. The van der Waals surface area contributed by atoms with Crippen LogP contribution in [0.2, 0.25) is 0 Å². The van der Waals surface area contributed by atoms with Gasteiger partial charge in [-0.25, -0.2) is 0 Å². The van der Waals surface area contributed by atoms with Gasteiger partial charge in [-0.15, -0.1) is 0 Å². The smallest absolute Gasteiger partial charge is 0.122 e. The average Bonchev–Trinajstić information content (AvgIpc) is 2.86. The van der Waals surface area contributed by atoms with Crippen LogP contribution in [0.5, 0.6) is 11.5 Å². The molecule has 3 rings (SSSR count). The Kier molecular flexibility index (Phi) is 12.0. The molecule has 0 bridgehead atoms. The lowest BCUT2D eigenvalue weighted by Gasteiger charge is -2.32.